The number of nitrogens with zero attached hydrogens (tertiary/aromatic N) is 2. The van der Waals surface area contributed by atoms with Crippen LogP contribution in [0.25, 0.3) is 0 Å². The monoisotopic (exact) mass is 493 g/mol. The highest BCUT2D eigenvalue weighted by Gasteiger charge is 2.16. The number of amides is 1. The van der Waals surface area contributed by atoms with Crippen molar-refractivity contribution < 1.29 is 9.53 Å². The molecule has 34 heavy (non-hydrogen) atoms. The first-order valence-corrected chi connectivity index (χ1v) is 11.6. The molecule has 1 amide bonds. The molecule has 4 rings (SSSR count). The molecule has 0 atom stereocenters. The van der Waals surface area contributed by atoms with Crippen molar-refractivity contribution in [1.82, 2.24) is 9.78 Å². The van der Waals surface area contributed by atoms with Crippen LogP contribution in [0.1, 0.15) is 38.4 Å². The molecule has 7 heteroatoms. The molecule has 4 aromatic rings. The molecule has 0 radical (unpaired) electrons. The number of carbonyl (C=O) groups is 1. The third kappa shape index (κ3) is 5.61. The molecule has 0 spiro atoms. The summed E-state index contributed by atoms with van der Waals surface area (Å²) >= 11 is 12.1. The van der Waals surface area contributed by atoms with Gasteiger partial charge in [0.2, 0.25) is 0 Å². The smallest absolute Gasteiger partial charge is 0.255 e. The number of aromatic nitrogens is 2. The van der Waals surface area contributed by atoms with Crippen molar-refractivity contribution >= 4 is 34.8 Å². The number of rotatable bonds is 7. The van der Waals surface area contributed by atoms with Gasteiger partial charge in [0.1, 0.15) is 12.4 Å². The highest BCUT2D eigenvalue weighted by atomic mass is 35.5. The SMILES string of the molecule is Cc1cccc(Cn2nc(C)c(NC(=O)c3cccc(COc4ccc(Cl)cc4Cl)c3)c2C)c1. The topological polar surface area (TPSA) is 56.2 Å². The Hall–Kier alpha value is -3.28. The van der Waals surface area contributed by atoms with Crippen molar-refractivity contribution in [2.45, 2.75) is 33.9 Å². The second-order valence-corrected chi connectivity index (χ2v) is 9.05. The summed E-state index contributed by atoms with van der Waals surface area (Å²) in [5.41, 5.74) is 6.16. The Bertz CT molecular complexity index is 1350. The summed E-state index contributed by atoms with van der Waals surface area (Å²) in [7, 11) is 0. The molecule has 0 bridgehead atoms. The summed E-state index contributed by atoms with van der Waals surface area (Å²) in [5, 5.41) is 8.65. The van der Waals surface area contributed by atoms with Crippen LogP contribution in [0.2, 0.25) is 10.0 Å². The zero-order valence-corrected chi connectivity index (χ0v) is 20.7. The molecule has 174 valence electrons. The standard InChI is InChI=1S/C27H25Cl2N3O2/c1-17-6-4-7-20(12-17)15-32-19(3)26(18(2)31-32)30-27(33)22-9-5-8-21(13-22)16-34-25-11-10-23(28)14-24(25)29/h4-14H,15-16H2,1-3H3,(H,30,33). The summed E-state index contributed by atoms with van der Waals surface area (Å²) in [4.78, 5) is 13.0. The van der Waals surface area contributed by atoms with Gasteiger partial charge in [0.25, 0.3) is 5.91 Å². The lowest BCUT2D eigenvalue weighted by molar-refractivity contribution is 0.102. The maximum Gasteiger partial charge on any atom is 0.255 e. The number of nitrogens with one attached hydrogen (secondary N) is 1. The second-order valence-electron chi connectivity index (χ2n) is 8.21. The van der Waals surface area contributed by atoms with E-state index in [9.17, 15) is 4.79 Å². The van der Waals surface area contributed by atoms with Crippen molar-refractivity contribution in [1.29, 1.82) is 0 Å². The average Bonchev–Trinajstić information content (AvgIpc) is 3.06. The third-order valence-corrected chi connectivity index (χ3v) is 6.04. The van der Waals surface area contributed by atoms with Gasteiger partial charge in [-0.05, 0) is 62.2 Å². The maximum absolute atomic E-state index is 13.0. The number of benzene rings is 3. The largest absolute Gasteiger partial charge is 0.487 e. The van der Waals surface area contributed by atoms with Crippen LogP contribution in [-0.2, 0) is 13.2 Å². The van der Waals surface area contributed by atoms with Crippen LogP contribution >= 0.6 is 23.2 Å². The molecule has 0 aliphatic carbocycles. The lowest BCUT2D eigenvalue weighted by Crippen LogP contribution is -2.14. The Kier molecular flexibility index (Phi) is 7.25. The van der Waals surface area contributed by atoms with Gasteiger partial charge in [-0.25, -0.2) is 0 Å². The minimum atomic E-state index is -0.201. The summed E-state index contributed by atoms with van der Waals surface area (Å²) in [5.74, 6) is 0.334. The molecular weight excluding hydrogens is 469 g/mol. The fourth-order valence-corrected chi connectivity index (χ4v) is 4.22. The highest BCUT2D eigenvalue weighted by molar-refractivity contribution is 6.35. The van der Waals surface area contributed by atoms with Gasteiger partial charge in [0.05, 0.1) is 28.6 Å². The summed E-state index contributed by atoms with van der Waals surface area (Å²) < 4.78 is 7.72. The Morgan fingerprint density at radius 3 is 2.50 bits per heavy atom. The number of anilines is 1. The van der Waals surface area contributed by atoms with Crippen molar-refractivity contribution in [3.8, 4) is 5.75 Å². The van der Waals surface area contributed by atoms with Gasteiger partial charge < -0.3 is 10.1 Å². The van der Waals surface area contributed by atoms with E-state index in [1.165, 1.54) is 5.56 Å². The summed E-state index contributed by atoms with van der Waals surface area (Å²) in [6.07, 6.45) is 0. The van der Waals surface area contributed by atoms with Crippen LogP contribution in [-0.4, -0.2) is 15.7 Å². The molecule has 0 unspecified atom stereocenters. The van der Waals surface area contributed by atoms with Crippen LogP contribution in [0, 0.1) is 20.8 Å². The number of hydrogen-bond donors (Lipinski definition) is 1. The van der Waals surface area contributed by atoms with Crippen LogP contribution in [0.4, 0.5) is 5.69 Å². The Balaban J connectivity index is 1.46. The van der Waals surface area contributed by atoms with Crippen LogP contribution in [0.3, 0.4) is 0 Å². The van der Waals surface area contributed by atoms with Crippen molar-refractivity contribution in [2.24, 2.45) is 0 Å². The molecular formula is C27H25Cl2N3O2. The fraction of sp³-hybridized carbons (Fsp3) is 0.185. The summed E-state index contributed by atoms with van der Waals surface area (Å²) in [6.45, 7) is 6.85. The lowest BCUT2D eigenvalue weighted by Gasteiger charge is -2.10. The Labute approximate surface area is 209 Å². The lowest BCUT2D eigenvalue weighted by atomic mass is 10.1. The first-order chi connectivity index (χ1) is 16.3. The van der Waals surface area contributed by atoms with E-state index in [4.69, 9.17) is 27.9 Å². The molecule has 1 heterocycles. The molecule has 1 N–H and O–H groups in total. The quantitative estimate of drug-likeness (QED) is 0.301. The average molecular weight is 494 g/mol. The molecule has 0 saturated heterocycles. The van der Waals surface area contributed by atoms with Crippen LogP contribution in [0.5, 0.6) is 5.75 Å². The van der Waals surface area contributed by atoms with E-state index in [0.29, 0.717) is 27.9 Å². The fourth-order valence-electron chi connectivity index (χ4n) is 3.76. The van der Waals surface area contributed by atoms with Crippen molar-refractivity contribution in [3.05, 3.63) is 110 Å². The molecule has 0 aliphatic rings. The third-order valence-electron chi connectivity index (χ3n) is 5.51. The van der Waals surface area contributed by atoms with Gasteiger partial charge in [0, 0.05) is 10.6 Å². The molecule has 5 nitrogen and oxygen atoms in total. The molecule has 1 aromatic heterocycles. The number of halogens is 2. The van der Waals surface area contributed by atoms with Crippen molar-refractivity contribution in [3.63, 3.8) is 0 Å². The zero-order chi connectivity index (χ0) is 24.2. The van der Waals surface area contributed by atoms with E-state index < -0.39 is 0 Å². The number of aryl methyl sites for hydroxylation is 2. The van der Waals surface area contributed by atoms with E-state index in [2.05, 4.69) is 35.5 Å². The Morgan fingerprint density at radius 2 is 1.74 bits per heavy atom. The van der Waals surface area contributed by atoms with Gasteiger partial charge in [-0.15, -0.1) is 0 Å². The minimum Gasteiger partial charge on any atom is -0.487 e. The molecule has 0 aliphatic heterocycles. The number of ether oxygens (including phenoxy) is 1. The van der Waals surface area contributed by atoms with Crippen LogP contribution in [0.15, 0.2) is 66.7 Å². The van der Waals surface area contributed by atoms with Gasteiger partial charge in [-0.3, -0.25) is 9.48 Å². The zero-order valence-electron chi connectivity index (χ0n) is 19.2. The highest BCUT2D eigenvalue weighted by Crippen LogP contribution is 2.28. The van der Waals surface area contributed by atoms with Crippen LogP contribution < -0.4 is 10.1 Å². The van der Waals surface area contributed by atoms with E-state index in [-0.39, 0.29) is 12.5 Å². The minimum absolute atomic E-state index is 0.201. The van der Waals surface area contributed by atoms with E-state index in [1.54, 1.807) is 30.3 Å². The molecule has 3 aromatic carbocycles. The first-order valence-electron chi connectivity index (χ1n) is 10.9. The van der Waals surface area contributed by atoms with E-state index in [1.807, 2.05) is 36.7 Å². The predicted octanol–water partition coefficient (Wildman–Crippen LogP) is 6.99. The van der Waals surface area contributed by atoms with Gasteiger partial charge >= 0.3 is 0 Å². The Morgan fingerprint density at radius 1 is 0.971 bits per heavy atom. The van der Waals surface area contributed by atoms with Gasteiger partial charge in [-0.2, -0.15) is 5.10 Å². The molecule has 0 fully saturated rings. The van der Waals surface area contributed by atoms with Gasteiger partial charge in [0.15, 0.2) is 0 Å². The predicted molar refractivity (Wildman–Crippen MR) is 137 cm³/mol. The normalized spacial score (nSPS) is 10.9. The maximum atomic E-state index is 13.0. The van der Waals surface area contributed by atoms with Gasteiger partial charge in [-0.1, -0.05) is 65.2 Å². The van der Waals surface area contributed by atoms with E-state index in [0.717, 1.165) is 28.2 Å². The summed E-state index contributed by atoms with van der Waals surface area (Å²) in [6, 6.07) is 20.7. The number of hydrogen-bond acceptors (Lipinski definition) is 3. The second kappa shape index (κ2) is 10.3. The number of carbonyl (C=O) groups excluding carboxylic acids is 1. The first kappa shape index (κ1) is 23.9. The van der Waals surface area contributed by atoms with E-state index >= 15 is 0 Å². The van der Waals surface area contributed by atoms with Crippen molar-refractivity contribution in [2.75, 3.05) is 5.32 Å². The molecule has 0 saturated carbocycles.